The lowest BCUT2D eigenvalue weighted by Crippen LogP contribution is -2.73. The van der Waals surface area contributed by atoms with Crippen molar-refractivity contribution in [3.8, 4) is 0 Å². The Kier molecular flexibility index (Phi) is 56.3. The van der Waals surface area contributed by atoms with Gasteiger partial charge in [0.15, 0.2) is 25.2 Å². The van der Waals surface area contributed by atoms with Crippen LogP contribution in [0, 0.1) is 5.92 Å². The zero-order valence-corrected chi connectivity index (χ0v) is 86.4. The van der Waals surface area contributed by atoms with Gasteiger partial charge in [0.25, 0.3) is 17.4 Å². The van der Waals surface area contributed by atoms with Crippen LogP contribution in [0.25, 0.3) is 0 Å². The third-order valence-corrected chi connectivity index (χ3v) is 28.8. The highest BCUT2D eigenvalue weighted by molar-refractivity contribution is 5.79. The number of hydrogen-bond acceptors (Lipinski definition) is 45. The Labute approximate surface area is 870 Å². The van der Waals surface area contributed by atoms with Crippen molar-refractivity contribution < 1.29 is 237 Å². The second-order valence-corrected chi connectivity index (χ2v) is 40.7. The molecule has 7 aliphatic heterocycles. The van der Waals surface area contributed by atoms with E-state index in [4.69, 9.17) is 66.3 Å². The molecule has 5 amide bonds. The summed E-state index contributed by atoms with van der Waals surface area (Å²) in [5.74, 6) is -22.0. The van der Waals surface area contributed by atoms with Gasteiger partial charge in [0.05, 0.1) is 101 Å². The second kappa shape index (κ2) is 64.4. The molecule has 0 aromatic rings. The van der Waals surface area contributed by atoms with Gasteiger partial charge in [-0.3, -0.25) is 24.0 Å². The molecule has 0 spiro atoms. The van der Waals surface area contributed by atoms with Crippen molar-refractivity contribution in [2.75, 3.05) is 52.9 Å². The fourth-order valence-electron chi connectivity index (χ4n) is 20.1. The van der Waals surface area contributed by atoms with Gasteiger partial charge in [0.2, 0.25) is 29.5 Å². The molecule has 53 nitrogen and oxygen atoms in total. The van der Waals surface area contributed by atoms with Gasteiger partial charge in [0.1, 0.15) is 159 Å². The smallest absolute Gasteiger partial charge is 0.364 e. The minimum Gasteiger partial charge on any atom is -0.477 e. The molecular formula is C97H171N5O48. The van der Waals surface area contributed by atoms with Gasteiger partial charge in [-0.15, -0.1) is 0 Å². The minimum absolute atomic E-state index is 0.0438. The van der Waals surface area contributed by atoms with Crippen LogP contribution >= 0.6 is 0 Å². The number of carbonyl (C=O) groups is 8. The highest BCUT2D eigenvalue weighted by Gasteiger charge is 2.67. The Bertz CT molecular complexity index is 3960. The van der Waals surface area contributed by atoms with Gasteiger partial charge < -0.3 is 226 Å². The summed E-state index contributed by atoms with van der Waals surface area (Å²) in [4.78, 5) is 108. The number of amides is 5. The maximum absolute atomic E-state index is 14.3. The van der Waals surface area contributed by atoms with Crippen LogP contribution in [-0.2, 0) is 105 Å². The van der Waals surface area contributed by atoms with Crippen molar-refractivity contribution >= 4 is 47.4 Å². The molecule has 0 saturated carbocycles. The third-order valence-electron chi connectivity index (χ3n) is 28.8. The number of hydrogen-bond donors (Lipinski definition) is 31. The predicted octanol–water partition coefficient (Wildman–Crippen LogP) is -6.86. The van der Waals surface area contributed by atoms with E-state index < -0.39 is 369 Å². The monoisotopic (exact) mass is 2170 g/mol. The summed E-state index contributed by atoms with van der Waals surface area (Å²) < 4.78 is 83.7. The van der Waals surface area contributed by atoms with Crippen molar-refractivity contribution in [3.05, 3.63) is 0 Å². The van der Waals surface area contributed by atoms with Crippen LogP contribution in [-0.4, -0.2) is 483 Å². The number of aliphatic carboxylic acids is 3. The van der Waals surface area contributed by atoms with E-state index in [0.717, 1.165) is 111 Å². The normalized spacial score (nSPS) is 35.4. The molecule has 0 radical (unpaired) electrons. The molecule has 7 saturated heterocycles. The molecule has 7 heterocycles. The van der Waals surface area contributed by atoms with Crippen molar-refractivity contribution in [2.24, 2.45) is 5.92 Å². The second-order valence-electron chi connectivity index (χ2n) is 40.7. The van der Waals surface area contributed by atoms with Crippen molar-refractivity contribution in [1.29, 1.82) is 0 Å². The first-order chi connectivity index (χ1) is 71.2. The molecule has 872 valence electrons. The summed E-state index contributed by atoms with van der Waals surface area (Å²) in [6, 6.07) is -9.64. The molecule has 7 rings (SSSR count). The molecule has 7 fully saturated rings. The van der Waals surface area contributed by atoms with E-state index in [0.29, 0.717) is 18.8 Å². The topological polar surface area (TPSA) is 852 Å². The average Bonchev–Trinajstić information content (AvgIpc) is 0.793. The number of aliphatic hydroxyl groups excluding tert-OH is 23. The number of carboxylic acid groups (broad SMARTS) is 3. The SMILES string of the molecule is CCCCCCCCCCCCCCCCCCCC(=O)N[C@@H](CO[C@@H]1O[C@H](CO)[C@@H](O[C@@H]2O[C@H](CO)[C@H](O)[C@H](O[C@@H]3O[C@H](CO)[C@H](O)[C@H](O[C@]4(C(=O)O)C[C@H](O)[C@@H](NC(C)=O)[C@H]([C@H](O)[C@@H](CO)O[C@@H]5O[C@H](CO)[C@H](O[C@]6(C(=O)O)C[C@H](O)[C@@H](NC(C)=O)[C@H]([C@H](O)[C@H](O)CO)O6)[C@H](O[C@]6(C(=O)O)C[C@H](O)[C@@H](NC(C)=O)[C@H]([C@H](O)[C@H](O)CO)O6)[C@H]5O)O4)[C@H]3NC(C)=O)[C@H]2O)[C@H](O)[C@H]1O)[C@H](O)[C@H](O)CCCCCCCCCCC(C)CC. The Balaban J connectivity index is 1.14. The summed E-state index contributed by atoms with van der Waals surface area (Å²) in [7, 11) is 0. The molecule has 7 aliphatic rings. The molecule has 31 N–H and O–H groups in total. The number of carbonyl (C=O) groups excluding carboxylic acids is 5. The molecule has 0 aromatic heterocycles. The van der Waals surface area contributed by atoms with E-state index >= 15 is 0 Å². The van der Waals surface area contributed by atoms with Crippen LogP contribution in [0.2, 0.25) is 0 Å². The third kappa shape index (κ3) is 36.7. The van der Waals surface area contributed by atoms with Gasteiger partial charge in [-0.05, 0) is 18.8 Å². The number of unbranched alkanes of at least 4 members (excludes halogenated alkanes) is 23. The lowest BCUT2D eigenvalue weighted by molar-refractivity contribution is -0.404. The maximum Gasteiger partial charge on any atom is 0.364 e. The Morgan fingerprint density at radius 2 is 0.713 bits per heavy atom. The predicted molar refractivity (Wildman–Crippen MR) is 512 cm³/mol. The van der Waals surface area contributed by atoms with E-state index in [-0.39, 0.29) is 12.8 Å². The summed E-state index contributed by atoms with van der Waals surface area (Å²) in [5, 5.41) is 309. The van der Waals surface area contributed by atoms with Crippen LogP contribution in [0.4, 0.5) is 0 Å². The number of nitrogens with one attached hydrogen (secondary N) is 5. The Morgan fingerprint density at radius 1 is 0.360 bits per heavy atom. The standard InChI is InChI=1S/C97H171N5O48/c1-8-10-11-12-13-14-15-16-17-18-19-20-21-22-27-30-33-36-65(120)102-53(70(121)54(114)35-32-29-26-24-23-25-28-31-34-48(3)9-2)47-137-89-77(128)76(127)80(63(45-108)141-89)143-91-78(129)86(75(126)62(44-107)140-91)144-88-69(101-52(7)113)85(74(125)60(42-105)138-88)149-96(93(133)134)38-57(117)68(100-51(6)112)84(148-96)73(124)61(43-106)139-90-79(130)87(150-97(94(135)136)39-56(116)67(99-50(5)111)83(147-97)72(123)59(119)41-104)81(64(46-109)142-90)145-95(92(131)132)37-55(115)66(98-49(4)110)82(146-95)71(122)58(118)40-103/h48,53-64,66-91,103-109,114-119,121-130H,8-47H2,1-7H3,(H,98,110)(H,99,111)(H,100,112)(H,101,113)(H,102,120)(H,131,132)(H,133,134)(H,135,136)/t48?,53-,54+,55-,56-,57-,58+,59+,60+,61+,62+,63+,64+,66+,67+,68+,69+,70-,71+,72+,73+,74-,75-,76+,77+,78+,79+,80+,81-,82+,83+,84+,85+,86-,87+,88-,89+,90+,91-,95+,96-,97-/m0/s1. The van der Waals surface area contributed by atoms with Crippen LogP contribution < -0.4 is 26.6 Å². The van der Waals surface area contributed by atoms with E-state index in [2.05, 4.69) is 47.4 Å². The number of aliphatic hydroxyl groups is 23. The molecule has 1 unspecified atom stereocenters. The largest absolute Gasteiger partial charge is 0.477 e. The quantitative estimate of drug-likeness (QED) is 0.0252. The molecule has 0 bridgehead atoms. The molecule has 0 aliphatic carbocycles. The fourth-order valence-corrected chi connectivity index (χ4v) is 20.1. The van der Waals surface area contributed by atoms with Gasteiger partial charge in [-0.2, -0.15) is 0 Å². The molecular weight excluding hydrogens is 2000 g/mol. The van der Waals surface area contributed by atoms with Crippen LogP contribution in [0.1, 0.15) is 254 Å². The fraction of sp³-hybridized carbons (Fsp3) is 0.918. The Morgan fingerprint density at radius 3 is 1.12 bits per heavy atom. The number of ether oxygens (including phenoxy) is 14. The van der Waals surface area contributed by atoms with Gasteiger partial charge in [-0.25, -0.2) is 14.4 Å². The molecule has 42 atom stereocenters. The highest BCUT2D eigenvalue weighted by Crippen LogP contribution is 2.46. The van der Waals surface area contributed by atoms with E-state index in [9.17, 15) is 171 Å². The van der Waals surface area contributed by atoms with E-state index in [1.54, 1.807) is 0 Å². The lowest BCUT2D eigenvalue weighted by atomic mass is 9.87. The first-order valence-corrected chi connectivity index (χ1v) is 52.7. The van der Waals surface area contributed by atoms with E-state index in [1.807, 2.05) is 0 Å². The van der Waals surface area contributed by atoms with Crippen LogP contribution in [0.15, 0.2) is 0 Å². The first-order valence-electron chi connectivity index (χ1n) is 52.7. The first kappa shape index (κ1) is 131. The van der Waals surface area contributed by atoms with Crippen molar-refractivity contribution in [1.82, 2.24) is 26.6 Å². The van der Waals surface area contributed by atoms with Crippen molar-refractivity contribution in [2.45, 2.75) is 504 Å². The zero-order valence-electron chi connectivity index (χ0n) is 86.4. The minimum atomic E-state index is -3.68. The van der Waals surface area contributed by atoms with Crippen LogP contribution in [0.3, 0.4) is 0 Å². The van der Waals surface area contributed by atoms with Gasteiger partial charge >= 0.3 is 17.9 Å². The maximum atomic E-state index is 14.3. The van der Waals surface area contributed by atoms with Gasteiger partial charge in [0, 0.05) is 53.4 Å². The Hall–Kier alpha value is -5.72. The number of carboxylic acids is 3. The molecule has 53 heteroatoms. The lowest BCUT2D eigenvalue weighted by Gasteiger charge is -2.53. The zero-order chi connectivity index (χ0) is 111. The summed E-state index contributed by atoms with van der Waals surface area (Å²) >= 11 is 0. The molecule has 150 heavy (non-hydrogen) atoms. The van der Waals surface area contributed by atoms with Crippen molar-refractivity contribution in [3.63, 3.8) is 0 Å². The van der Waals surface area contributed by atoms with E-state index in [1.165, 1.54) is 77.0 Å². The summed E-state index contributed by atoms with van der Waals surface area (Å²) in [6.45, 7) is -0.0765. The summed E-state index contributed by atoms with van der Waals surface area (Å²) in [5.41, 5.74) is 0. The highest BCUT2D eigenvalue weighted by atomic mass is 16.8. The van der Waals surface area contributed by atoms with Crippen LogP contribution in [0.5, 0.6) is 0 Å². The average molecular weight is 2180 g/mol. The van der Waals surface area contributed by atoms with Gasteiger partial charge in [-0.1, -0.05) is 188 Å². The number of rotatable bonds is 68. The summed E-state index contributed by atoms with van der Waals surface area (Å²) in [6.07, 6.45) is -52.4. The molecule has 0 aromatic carbocycles.